The van der Waals surface area contributed by atoms with Gasteiger partial charge in [0.25, 0.3) is 0 Å². The van der Waals surface area contributed by atoms with Crippen molar-refractivity contribution in [3.63, 3.8) is 0 Å². The van der Waals surface area contributed by atoms with Crippen LogP contribution in [0.4, 0.5) is 18.9 Å². The molecule has 2 rings (SSSR count). The molecule has 0 aliphatic rings. The van der Waals surface area contributed by atoms with E-state index in [1.807, 2.05) is 0 Å². The molecule has 0 atom stereocenters. The fourth-order valence-electron chi connectivity index (χ4n) is 1.51. The van der Waals surface area contributed by atoms with E-state index in [4.69, 9.17) is 15.0 Å². The van der Waals surface area contributed by atoms with Crippen LogP contribution in [0.25, 0.3) is 11.3 Å². The van der Waals surface area contributed by atoms with Crippen LogP contribution in [-0.4, -0.2) is 12.3 Å². The topological polar surface area (TPSA) is 61.3 Å². The van der Waals surface area contributed by atoms with Crippen molar-refractivity contribution >= 4 is 5.69 Å². The standard InChI is InChI=1S/C11H9F3N2O2/c1-17-9-3-2-6(11(12,13)14)4-7(9)10-8(15)5-16-18-10/h2-5H,15H2,1H3. The van der Waals surface area contributed by atoms with Gasteiger partial charge in [-0.05, 0) is 18.2 Å². The van der Waals surface area contributed by atoms with Crippen LogP contribution in [-0.2, 0) is 6.18 Å². The Labute approximate surface area is 100 Å². The maximum atomic E-state index is 12.6. The van der Waals surface area contributed by atoms with Crippen LogP contribution in [0.5, 0.6) is 5.75 Å². The Morgan fingerprint density at radius 2 is 2.06 bits per heavy atom. The van der Waals surface area contributed by atoms with E-state index in [1.54, 1.807) is 0 Å². The molecule has 0 fully saturated rings. The molecule has 4 nitrogen and oxygen atoms in total. The first-order valence-corrected chi connectivity index (χ1v) is 4.89. The average Bonchev–Trinajstić information content (AvgIpc) is 2.73. The molecule has 2 N–H and O–H groups in total. The van der Waals surface area contributed by atoms with Crippen molar-refractivity contribution in [2.75, 3.05) is 12.8 Å². The van der Waals surface area contributed by atoms with Gasteiger partial charge in [0, 0.05) is 0 Å². The molecule has 1 aromatic heterocycles. The second-order valence-corrected chi connectivity index (χ2v) is 3.52. The van der Waals surface area contributed by atoms with E-state index in [0.29, 0.717) is 0 Å². The monoisotopic (exact) mass is 258 g/mol. The van der Waals surface area contributed by atoms with Crippen molar-refractivity contribution in [2.24, 2.45) is 0 Å². The summed E-state index contributed by atoms with van der Waals surface area (Å²) in [6, 6.07) is 3.05. The summed E-state index contributed by atoms with van der Waals surface area (Å²) in [5.41, 5.74) is 5.01. The van der Waals surface area contributed by atoms with E-state index in [2.05, 4.69) is 5.16 Å². The fourth-order valence-corrected chi connectivity index (χ4v) is 1.51. The predicted molar refractivity (Wildman–Crippen MR) is 57.9 cm³/mol. The van der Waals surface area contributed by atoms with Gasteiger partial charge in [-0.2, -0.15) is 13.2 Å². The SMILES string of the molecule is COc1ccc(C(F)(F)F)cc1-c1oncc1N. The van der Waals surface area contributed by atoms with E-state index >= 15 is 0 Å². The van der Waals surface area contributed by atoms with Crippen LogP contribution >= 0.6 is 0 Å². The van der Waals surface area contributed by atoms with Crippen molar-refractivity contribution < 1.29 is 22.4 Å². The molecular formula is C11H9F3N2O2. The lowest BCUT2D eigenvalue weighted by molar-refractivity contribution is -0.137. The number of hydrogen-bond acceptors (Lipinski definition) is 4. The Balaban J connectivity index is 2.61. The van der Waals surface area contributed by atoms with Crippen molar-refractivity contribution in [2.45, 2.75) is 6.18 Å². The maximum Gasteiger partial charge on any atom is 0.416 e. The number of alkyl halides is 3. The average molecular weight is 258 g/mol. The zero-order chi connectivity index (χ0) is 13.3. The van der Waals surface area contributed by atoms with Gasteiger partial charge in [-0.3, -0.25) is 0 Å². The Hall–Kier alpha value is -2.18. The van der Waals surface area contributed by atoms with Gasteiger partial charge in [0.1, 0.15) is 11.4 Å². The van der Waals surface area contributed by atoms with E-state index in [0.717, 1.165) is 12.1 Å². The van der Waals surface area contributed by atoms with Crippen molar-refractivity contribution in [3.8, 4) is 17.1 Å². The summed E-state index contributed by atoms with van der Waals surface area (Å²) < 4.78 is 47.7. The number of hydrogen-bond donors (Lipinski definition) is 1. The molecule has 0 saturated carbocycles. The van der Waals surface area contributed by atoms with E-state index in [9.17, 15) is 13.2 Å². The van der Waals surface area contributed by atoms with Gasteiger partial charge in [0.2, 0.25) is 0 Å². The normalized spacial score (nSPS) is 11.6. The molecule has 0 unspecified atom stereocenters. The van der Waals surface area contributed by atoms with Gasteiger partial charge in [-0.1, -0.05) is 5.16 Å². The highest BCUT2D eigenvalue weighted by atomic mass is 19.4. The largest absolute Gasteiger partial charge is 0.496 e. The van der Waals surface area contributed by atoms with Gasteiger partial charge in [0.05, 0.1) is 24.4 Å². The molecule has 0 radical (unpaired) electrons. The Bertz CT molecular complexity index is 564. The molecule has 0 spiro atoms. The van der Waals surface area contributed by atoms with Crippen molar-refractivity contribution in [3.05, 3.63) is 30.0 Å². The number of anilines is 1. The zero-order valence-electron chi connectivity index (χ0n) is 9.28. The summed E-state index contributed by atoms with van der Waals surface area (Å²) in [5.74, 6) is 0.282. The van der Waals surface area contributed by atoms with Crippen LogP contribution < -0.4 is 10.5 Å². The lowest BCUT2D eigenvalue weighted by Gasteiger charge is -2.11. The highest BCUT2D eigenvalue weighted by Gasteiger charge is 2.32. The number of rotatable bonds is 2. The molecular weight excluding hydrogens is 249 g/mol. The number of benzene rings is 1. The molecule has 0 aliphatic heterocycles. The minimum Gasteiger partial charge on any atom is -0.496 e. The van der Waals surface area contributed by atoms with Gasteiger partial charge in [-0.15, -0.1) is 0 Å². The number of ether oxygens (including phenoxy) is 1. The summed E-state index contributed by atoms with van der Waals surface area (Å²) in [6.07, 6.45) is -3.23. The highest BCUT2D eigenvalue weighted by molar-refractivity contribution is 5.75. The Morgan fingerprint density at radius 1 is 1.33 bits per heavy atom. The molecule has 0 aliphatic carbocycles. The van der Waals surface area contributed by atoms with Gasteiger partial charge in [0.15, 0.2) is 5.76 Å². The van der Waals surface area contributed by atoms with Gasteiger partial charge in [-0.25, -0.2) is 0 Å². The first-order chi connectivity index (χ1) is 8.43. The zero-order valence-corrected chi connectivity index (χ0v) is 9.28. The quantitative estimate of drug-likeness (QED) is 0.899. The third-order valence-corrected chi connectivity index (χ3v) is 2.37. The molecule has 7 heteroatoms. The summed E-state index contributed by atoms with van der Waals surface area (Å²) in [5, 5.41) is 3.43. The van der Waals surface area contributed by atoms with Crippen molar-refractivity contribution in [1.29, 1.82) is 0 Å². The molecule has 0 saturated heterocycles. The summed E-state index contributed by atoms with van der Waals surface area (Å²) in [7, 11) is 1.35. The van der Waals surface area contributed by atoms with E-state index in [1.165, 1.54) is 19.4 Å². The third-order valence-electron chi connectivity index (χ3n) is 2.37. The van der Waals surface area contributed by atoms with Gasteiger partial charge >= 0.3 is 6.18 Å². The number of methoxy groups -OCH3 is 1. The number of nitrogens with zero attached hydrogens (tertiary/aromatic N) is 1. The first kappa shape index (κ1) is 12.3. The molecule has 96 valence electrons. The lowest BCUT2D eigenvalue weighted by atomic mass is 10.1. The van der Waals surface area contributed by atoms with Crippen LogP contribution in [0.1, 0.15) is 5.56 Å². The van der Waals surface area contributed by atoms with E-state index in [-0.39, 0.29) is 22.8 Å². The van der Waals surface area contributed by atoms with E-state index < -0.39 is 11.7 Å². The molecule has 0 amide bonds. The second-order valence-electron chi connectivity index (χ2n) is 3.52. The molecule has 0 bridgehead atoms. The maximum absolute atomic E-state index is 12.6. The smallest absolute Gasteiger partial charge is 0.416 e. The van der Waals surface area contributed by atoms with Crippen LogP contribution in [0.2, 0.25) is 0 Å². The first-order valence-electron chi connectivity index (χ1n) is 4.89. The highest BCUT2D eigenvalue weighted by Crippen LogP contribution is 2.38. The lowest BCUT2D eigenvalue weighted by Crippen LogP contribution is -2.05. The fraction of sp³-hybridized carbons (Fsp3) is 0.182. The summed E-state index contributed by atoms with van der Waals surface area (Å²) in [4.78, 5) is 0. The Morgan fingerprint density at radius 3 is 2.56 bits per heavy atom. The van der Waals surface area contributed by atoms with Crippen LogP contribution in [0, 0.1) is 0 Å². The minimum absolute atomic E-state index is 0.0537. The number of nitrogens with two attached hydrogens (primary N) is 1. The van der Waals surface area contributed by atoms with Crippen LogP contribution in [0.3, 0.4) is 0 Å². The molecule has 1 heterocycles. The number of aromatic nitrogens is 1. The van der Waals surface area contributed by atoms with Crippen LogP contribution in [0.15, 0.2) is 28.9 Å². The number of nitrogen functional groups attached to an aromatic ring is 1. The summed E-state index contributed by atoms with van der Waals surface area (Å²) >= 11 is 0. The molecule has 18 heavy (non-hydrogen) atoms. The molecule has 1 aromatic carbocycles. The second kappa shape index (κ2) is 4.25. The third kappa shape index (κ3) is 2.11. The van der Waals surface area contributed by atoms with Gasteiger partial charge < -0.3 is 15.0 Å². The molecule has 2 aromatic rings. The number of halogens is 3. The minimum atomic E-state index is -4.45. The summed E-state index contributed by atoms with van der Waals surface area (Å²) in [6.45, 7) is 0. The predicted octanol–water partition coefficient (Wildman–Crippen LogP) is 2.95. The Kier molecular flexibility index (Phi) is 2.90. The van der Waals surface area contributed by atoms with Crippen molar-refractivity contribution in [1.82, 2.24) is 5.16 Å².